The Hall–Kier alpha value is -2.60. The van der Waals surface area contributed by atoms with E-state index in [4.69, 9.17) is 9.47 Å². The van der Waals surface area contributed by atoms with Crippen molar-refractivity contribution < 1.29 is 19.1 Å². The summed E-state index contributed by atoms with van der Waals surface area (Å²) < 4.78 is 11.6. The van der Waals surface area contributed by atoms with E-state index in [-0.39, 0.29) is 35.4 Å². The van der Waals surface area contributed by atoms with Crippen LogP contribution in [0.15, 0.2) is 52.1 Å². The highest BCUT2D eigenvalue weighted by atomic mass is 79.9. The topological polar surface area (TPSA) is 64.6 Å². The zero-order valence-corrected chi connectivity index (χ0v) is 21.3. The van der Waals surface area contributed by atoms with E-state index in [1.54, 1.807) is 14.2 Å². The number of ketones is 1. The van der Waals surface area contributed by atoms with Crippen molar-refractivity contribution in [1.82, 2.24) is 5.32 Å². The molecular weight excluding hydrogens is 482 g/mol. The molecule has 2 aromatic rings. The summed E-state index contributed by atoms with van der Waals surface area (Å²) in [4.78, 5) is 26.1. The second-order valence-corrected chi connectivity index (χ2v) is 10.7. The summed E-state index contributed by atoms with van der Waals surface area (Å²) >= 11 is 3.54. The van der Waals surface area contributed by atoms with Crippen LogP contribution in [0.25, 0.3) is 0 Å². The first-order valence-electron chi connectivity index (χ1n) is 11.2. The van der Waals surface area contributed by atoms with Gasteiger partial charge in [0.1, 0.15) is 0 Å². The zero-order valence-electron chi connectivity index (χ0n) is 19.8. The van der Waals surface area contributed by atoms with Crippen molar-refractivity contribution in [3.8, 4) is 11.5 Å². The lowest BCUT2D eigenvalue weighted by Crippen LogP contribution is -2.38. The van der Waals surface area contributed by atoms with Crippen LogP contribution in [0.2, 0.25) is 0 Å². The van der Waals surface area contributed by atoms with Crippen LogP contribution in [0.5, 0.6) is 11.5 Å². The fourth-order valence-corrected chi connectivity index (χ4v) is 5.50. The molecule has 1 aliphatic heterocycles. The van der Waals surface area contributed by atoms with Crippen LogP contribution in [0.3, 0.4) is 0 Å². The Labute approximate surface area is 203 Å². The van der Waals surface area contributed by atoms with Crippen LogP contribution in [-0.2, 0) is 15.0 Å². The monoisotopic (exact) mass is 511 g/mol. The number of halogens is 1. The summed E-state index contributed by atoms with van der Waals surface area (Å²) in [6.07, 6.45) is 1.32. The summed E-state index contributed by atoms with van der Waals surface area (Å²) in [7, 11) is 3.16. The third-order valence-corrected chi connectivity index (χ3v) is 7.23. The van der Waals surface area contributed by atoms with Crippen LogP contribution in [0.4, 0.5) is 0 Å². The van der Waals surface area contributed by atoms with Crippen molar-refractivity contribution in [2.45, 2.75) is 57.3 Å². The lowest BCUT2D eigenvalue weighted by Gasteiger charge is -2.35. The molecule has 1 N–H and O–H groups in total. The van der Waals surface area contributed by atoms with E-state index < -0.39 is 0 Å². The molecule has 0 bridgehead atoms. The van der Waals surface area contributed by atoms with Crippen molar-refractivity contribution >= 4 is 27.6 Å². The summed E-state index contributed by atoms with van der Waals surface area (Å²) in [5, 5.41) is 3.00. The van der Waals surface area contributed by atoms with Crippen LogP contribution >= 0.6 is 15.9 Å². The van der Waals surface area contributed by atoms with Gasteiger partial charge in [-0.25, -0.2) is 0 Å². The normalized spacial score (nSPS) is 20.9. The van der Waals surface area contributed by atoms with Crippen molar-refractivity contribution in [1.29, 1.82) is 0 Å². The van der Waals surface area contributed by atoms with Gasteiger partial charge in [0.2, 0.25) is 5.91 Å². The minimum absolute atomic E-state index is 0.0569. The van der Waals surface area contributed by atoms with Gasteiger partial charge in [-0.05, 0) is 62.5 Å². The molecule has 0 saturated heterocycles. The molecule has 33 heavy (non-hydrogen) atoms. The first kappa shape index (κ1) is 23.6. The van der Waals surface area contributed by atoms with E-state index in [0.717, 1.165) is 26.9 Å². The molecule has 0 aromatic heterocycles. The molecule has 2 aliphatic rings. The molecule has 0 radical (unpaired) electrons. The van der Waals surface area contributed by atoms with Gasteiger partial charge in [-0.2, -0.15) is 0 Å². The smallest absolute Gasteiger partial charge is 0.225 e. The number of carbonyl (C=O) groups is 2. The van der Waals surface area contributed by atoms with Gasteiger partial charge in [-0.1, -0.05) is 45.0 Å². The minimum atomic E-state index is -0.304. The highest BCUT2D eigenvalue weighted by Crippen LogP contribution is 2.46. The summed E-state index contributed by atoms with van der Waals surface area (Å²) in [5.41, 5.74) is 4.81. The van der Waals surface area contributed by atoms with Crippen molar-refractivity contribution in [3.63, 3.8) is 0 Å². The summed E-state index contributed by atoms with van der Waals surface area (Å²) in [6.45, 7) is 6.56. The van der Waals surface area contributed by atoms with Gasteiger partial charge in [0.25, 0.3) is 0 Å². The number of nitrogens with one attached hydrogen (secondary N) is 1. The largest absolute Gasteiger partial charge is 0.493 e. The van der Waals surface area contributed by atoms with Crippen LogP contribution in [0, 0.1) is 0 Å². The summed E-state index contributed by atoms with van der Waals surface area (Å²) in [5.74, 6) is 0.931. The Kier molecular flexibility index (Phi) is 6.41. The predicted octanol–water partition coefficient (Wildman–Crippen LogP) is 5.77. The lowest BCUT2D eigenvalue weighted by molar-refractivity contribution is -0.122. The Morgan fingerprint density at radius 3 is 2.24 bits per heavy atom. The van der Waals surface area contributed by atoms with Gasteiger partial charge >= 0.3 is 0 Å². The SMILES string of the molecule is COc1cc(C2CC(=O)NC3=C2C(=O)CC(c2ccc(C(C)(C)C)cc2)C3)cc(Br)c1OC. The van der Waals surface area contributed by atoms with Crippen molar-refractivity contribution in [2.75, 3.05) is 14.2 Å². The molecule has 6 heteroatoms. The zero-order chi connectivity index (χ0) is 23.9. The molecule has 0 fully saturated rings. The maximum atomic E-state index is 13.4. The Bertz CT molecular complexity index is 1130. The number of rotatable bonds is 4. The molecule has 174 valence electrons. The Morgan fingerprint density at radius 2 is 1.64 bits per heavy atom. The minimum Gasteiger partial charge on any atom is -0.493 e. The van der Waals surface area contributed by atoms with E-state index in [1.165, 1.54) is 5.56 Å². The van der Waals surface area contributed by atoms with Crippen LogP contribution < -0.4 is 14.8 Å². The molecule has 1 amide bonds. The molecule has 1 heterocycles. The maximum absolute atomic E-state index is 13.4. The first-order chi connectivity index (χ1) is 15.6. The lowest BCUT2D eigenvalue weighted by atomic mass is 9.73. The number of allylic oxidation sites excluding steroid dienone is 2. The third-order valence-electron chi connectivity index (χ3n) is 6.64. The molecule has 5 nitrogen and oxygen atoms in total. The van der Waals surface area contributed by atoms with Crippen LogP contribution in [-0.4, -0.2) is 25.9 Å². The van der Waals surface area contributed by atoms with Gasteiger partial charge in [-0.15, -0.1) is 0 Å². The fourth-order valence-electron chi connectivity index (χ4n) is 4.87. The Balaban J connectivity index is 1.69. The number of hydrogen-bond acceptors (Lipinski definition) is 4. The molecule has 0 spiro atoms. The number of ether oxygens (including phenoxy) is 2. The van der Waals surface area contributed by atoms with E-state index in [2.05, 4.69) is 66.3 Å². The average molecular weight is 512 g/mol. The quantitative estimate of drug-likeness (QED) is 0.565. The van der Waals surface area contributed by atoms with Gasteiger partial charge in [0, 0.05) is 30.0 Å². The van der Waals surface area contributed by atoms with E-state index >= 15 is 0 Å². The maximum Gasteiger partial charge on any atom is 0.225 e. The Morgan fingerprint density at radius 1 is 0.939 bits per heavy atom. The van der Waals surface area contributed by atoms with E-state index in [1.807, 2.05) is 12.1 Å². The molecule has 2 aromatic carbocycles. The highest BCUT2D eigenvalue weighted by molar-refractivity contribution is 9.10. The van der Waals surface area contributed by atoms with Crippen LogP contribution in [0.1, 0.15) is 68.6 Å². The molecule has 4 rings (SSSR count). The number of methoxy groups -OCH3 is 2. The standard InChI is InChI=1S/C27H30BrNO4/c1-27(2,3)18-8-6-15(7-9-18)16-11-21-25(22(30)12-16)19(14-24(31)29-21)17-10-20(28)26(33-5)23(13-17)32-4/h6-10,13,16,19H,11-12,14H2,1-5H3,(H,29,31). The number of Topliss-reactive ketones (excluding diaryl/α,β-unsaturated/α-hetero) is 1. The predicted molar refractivity (Wildman–Crippen MR) is 132 cm³/mol. The first-order valence-corrected chi connectivity index (χ1v) is 12.0. The van der Waals surface area contributed by atoms with Gasteiger partial charge in [0.15, 0.2) is 17.3 Å². The molecule has 0 saturated carbocycles. The van der Waals surface area contributed by atoms with E-state index in [9.17, 15) is 9.59 Å². The second-order valence-electron chi connectivity index (χ2n) is 9.84. The number of amides is 1. The van der Waals surface area contributed by atoms with Crippen molar-refractivity contribution in [3.05, 3.63) is 68.8 Å². The fraction of sp³-hybridized carbons (Fsp3) is 0.407. The highest BCUT2D eigenvalue weighted by Gasteiger charge is 2.38. The summed E-state index contributed by atoms with van der Waals surface area (Å²) in [6, 6.07) is 12.3. The van der Waals surface area contributed by atoms with E-state index in [0.29, 0.717) is 24.3 Å². The molecular formula is C27H30BrNO4. The van der Waals surface area contributed by atoms with Crippen molar-refractivity contribution in [2.24, 2.45) is 0 Å². The van der Waals surface area contributed by atoms with Gasteiger partial charge in [-0.3, -0.25) is 9.59 Å². The molecule has 2 unspecified atom stereocenters. The number of benzene rings is 2. The number of carbonyl (C=O) groups excluding carboxylic acids is 2. The van der Waals surface area contributed by atoms with Gasteiger partial charge < -0.3 is 14.8 Å². The molecule has 1 aliphatic carbocycles. The number of hydrogen-bond donors (Lipinski definition) is 1. The molecule has 2 atom stereocenters. The third kappa shape index (κ3) is 4.58. The second kappa shape index (κ2) is 8.98. The van der Waals surface area contributed by atoms with Gasteiger partial charge in [0.05, 0.1) is 18.7 Å². The average Bonchev–Trinajstić information content (AvgIpc) is 2.77.